The Morgan fingerprint density at radius 2 is 1.83 bits per heavy atom. The van der Waals surface area contributed by atoms with Crippen molar-refractivity contribution >= 4 is 38.1 Å². The fourth-order valence-corrected chi connectivity index (χ4v) is 2.10. The lowest BCUT2D eigenvalue weighted by Crippen LogP contribution is -1.89. The van der Waals surface area contributed by atoms with Crippen LogP contribution in [0.5, 0.6) is 0 Å². The molecule has 1 nitrogen and oxygen atoms in total. The Morgan fingerprint density at radius 3 is 2.25 bits per heavy atom. The molecule has 0 amide bonds. The van der Waals surface area contributed by atoms with Crippen LogP contribution in [-0.4, -0.2) is 6.29 Å². The molecular weight excluding hydrogens is 291 g/mol. The smallest absolute Gasteiger partial charge is 0.151 e. The van der Waals surface area contributed by atoms with Gasteiger partial charge in [0.05, 0.1) is 8.95 Å². The first-order chi connectivity index (χ1) is 5.65. The highest BCUT2D eigenvalue weighted by atomic mass is 79.9. The molecule has 64 valence electrons. The SMILES string of the molecule is O=CCc1cc(Br)c(F)c(Br)c1. The van der Waals surface area contributed by atoms with Crippen LogP contribution in [0.2, 0.25) is 0 Å². The van der Waals surface area contributed by atoms with Crippen LogP contribution in [0.15, 0.2) is 21.1 Å². The van der Waals surface area contributed by atoms with Crippen molar-refractivity contribution < 1.29 is 9.18 Å². The summed E-state index contributed by atoms with van der Waals surface area (Å²) in [5.41, 5.74) is 0.783. The molecule has 0 bridgehead atoms. The maximum Gasteiger partial charge on any atom is 0.151 e. The van der Waals surface area contributed by atoms with E-state index in [1.807, 2.05) is 0 Å². The molecule has 1 aromatic carbocycles. The third kappa shape index (κ3) is 2.14. The number of rotatable bonds is 2. The van der Waals surface area contributed by atoms with Crippen LogP contribution in [0.1, 0.15) is 5.56 Å². The zero-order valence-electron chi connectivity index (χ0n) is 5.98. The van der Waals surface area contributed by atoms with Crippen molar-refractivity contribution in [2.24, 2.45) is 0 Å². The van der Waals surface area contributed by atoms with Gasteiger partial charge in [-0.25, -0.2) is 4.39 Å². The van der Waals surface area contributed by atoms with Crippen LogP contribution in [0.4, 0.5) is 4.39 Å². The van der Waals surface area contributed by atoms with Crippen molar-refractivity contribution in [3.63, 3.8) is 0 Å². The second kappa shape index (κ2) is 4.14. The van der Waals surface area contributed by atoms with Gasteiger partial charge >= 0.3 is 0 Å². The number of aldehydes is 1. The Labute approximate surface area is 86.2 Å². The normalized spacial score (nSPS) is 9.92. The zero-order chi connectivity index (χ0) is 9.14. The summed E-state index contributed by atoms with van der Waals surface area (Å²) in [7, 11) is 0. The lowest BCUT2D eigenvalue weighted by molar-refractivity contribution is -0.107. The molecule has 0 radical (unpaired) electrons. The fourth-order valence-electron chi connectivity index (χ4n) is 0.822. The zero-order valence-corrected chi connectivity index (χ0v) is 9.15. The predicted octanol–water partition coefficient (Wildman–Crippen LogP) is 3.09. The van der Waals surface area contributed by atoms with Crippen LogP contribution in [0, 0.1) is 5.82 Å². The molecule has 0 aliphatic rings. The largest absolute Gasteiger partial charge is 0.303 e. The molecule has 1 rings (SSSR count). The molecule has 0 saturated carbocycles. The van der Waals surface area contributed by atoms with Crippen molar-refractivity contribution in [2.45, 2.75) is 6.42 Å². The van der Waals surface area contributed by atoms with Crippen LogP contribution in [0.3, 0.4) is 0 Å². The summed E-state index contributed by atoms with van der Waals surface area (Å²) in [6.45, 7) is 0. The van der Waals surface area contributed by atoms with E-state index in [4.69, 9.17) is 0 Å². The highest BCUT2D eigenvalue weighted by Gasteiger charge is 2.05. The van der Waals surface area contributed by atoms with Crippen LogP contribution in [-0.2, 0) is 11.2 Å². The monoisotopic (exact) mass is 294 g/mol. The van der Waals surface area contributed by atoms with Gasteiger partial charge in [-0.15, -0.1) is 0 Å². The highest BCUT2D eigenvalue weighted by molar-refractivity contribution is 9.11. The number of benzene rings is 1. The summed E-state index contributed by atoms with van der Waals surface area (Å²) < 4.78 is 13.7. The van der Waals surface area contributed by atoms with Crippen molar-refractivity contribution in [3.05, 3.63) is 32.5 Å². The van der Waals surface area contributed by atoms with Gasteiger partial charge in [0.2, 0.25) is 0 Å². The van der Waals surface area contributed by atoms with E-state index in [-0.39, 0.29) is 5.82 Å². The molecule has 0 fully saturated rings. The third-order valence-electron chi connectivity index (χ3n) is 1.36. The first-order valence-electron chi connectivity index (χ1n) is 3.22. The van der Waals surface area contributed by atoms with Gasteiger partial charge in [0.1, 0.15) is 6.29 Å². The molecule has 1 aromatic rings. The molecule has 0 unspecified atom stereocenters. The van der Waals surface area contributed by atoms with Crippen molar-refractivity contribution in [1.29, 1.82) is 0 Å². The molecule has 0 aromatic heterocycles. The first kappa shape index (κ1) is 9.86. The molecule has 0 aliphatic heterocycles. The fraction of sp³-hybridized carbons (Fsp3) is 0.125. The number of carbonyl (C=O) groups excluding carboxylic acids is 1. The number of hydrogen-bond donors (Lipinski definition) is 0. The van der Waals surface area contributed by atoms with E-state index >= 15 is 0 Å². The predicted molar refractivity (Wildman–Crippen MR) is 51.6 cm³/mol. The van der Waals surface area contributed by atoms with Gasteiger partial charge < -0.3 is 4.79 Å². The van der Waals surface area contributed by atoms with E-state index < -0.39 is 0 Å². The van der Waals surface area contributed by atoms with E-state index in [0.717, 1.165) is 11.8 Å². The van der Waals surface area contributed by atoms with Gasteiger partial charge in [-0.3, -0.25) is 0 Å². The first-order valence-corrected chi connectivity index (χ1v) is 4.81. The molecule has 4 heteroatoms. The second-order valence-electron chi connectivity index (χ2n) is 2.24. The standard InChI is InChI=1S/C8H5Br2FO/c9-6-3-5(1-2-12)4-7(10)8(6)11/h2-4H,1H2. The Kier molecular flexibility index (Phi) is 3.40. The van der Waals surface area contributed by atoms with E-state index in [1.54, 1.807) is 12.1 Å². The average molecular weight is 296 g/mol. The minimum Gasteiger partial charge on any atom is -0.303 e. The van der Waals surface area contributed by atoms with E-state index in [0.29, 0.717) is 15.4 Å². The molecule has 0 atom stereocenters. The van der Waals surface area contributed by atoms with Gasteiger partial charge in [-0.1, -0.05) is 0 Å². The second-order valence-corrected chi connectivity index (χ2v) is 3.95. The molecule has 0 saturated heterocycles. The highest BCUT2D eigenvalue weighted by Crippen LogP contribution is 2.25. The number of halogens is 3. The minimum absolute atomic E-state index is 0.303. The minimum atomic E-state index is -0.343. The lowest BCUT2D eigenvalue weighted by atomic mass is 10.2. The van der Waals surface area contributed by atoms with Crippen LogP contribution < -0.4 is 0 Å². The van der Waals surface area contributed by atoms with E-state index in [9.17, 15) is 9.18 Å². The molecule has 12 heavy (non-hydrogen) atoms. The van der Waals surface area contributed by atoms with E-state index in [1.165, 1.54) is 0 Å². The summed E-state index contributed by atoms with van der Waals surface area (Å²) in [4.78, 5) is 10.2. The molecule has 0 heterocycles. The van der Waals surface area contributed by atoms with Gasteiger partial charge in [0, 0.05) is 6.42 Å². The molecule has 0 spiro atoms. The quantitative estimate of drug-likeness (QED) is 0.605. The van der Waals surface area contributed by atoms with Crippen molar-refractivity contribution in [1.82, 2.24) is 0 Å². The Bertz CT molecular complexity index is 289. The van der Waals surface area contributed by atoms with Gasteiger partial charge in [0.15, 0.2) is 5.82 Å². The summed E-state index contributed by atoms with van der Waals surface area (Å²) >= 11 is 6.09. The average Bonchev–Trinajstić information content (AvgIpc) is 2.01. The number of carbonyl (C=O) groups is 1. The van der Waals surface area contributed by atoms with Crippen molar-refractivity contribution in [2.75, 3.05) is 0 Å². The van der Waals surface area contributed by atoms with E-state index in [2.05, 4.69) is 31.9 Å². The summed E-state index contributed by atoms with van der Waals surface area (Å²) in [5.74, 6) is -0.343. The molecule has 0 aliphatic carbocycles. The van der Waals surface area contributed by atoms with Gasteiger partial charge in [0.25, 0.3) is 0 Å². The summed E-state index contributed by atoms with van der Waals surface area (Å²) in [6.07, 6.45) is 1.09. The number of hydrogen-bond acceptors (Lipinski definition) is 1. The Hall–Kier alpha value is -0.220. The third-order valence-corrected chi connectivity index (χ3v) is 2.52. The summed E-state index contributed by atoms with van der Waals surface area (Å²) in [5, 5.41) is 0. The maximum atomic E-state index is 13.0. The van der Waals surface area contributed by atoms with Crippen molar-refractivity contribution in [3.8, 4) is 0 Å². The molecule has 0 N–H and O–H groups in total. The van der Waals surface area contributed by atoms with Crippen LogP contribution in [0.25, 0.3) is 0 Å². The Balaban J connectivity index is 3.11. The summed E-state index contributed by atoms with van der Waals surface area (Å²) in [6, 6.07) is 3.18. The molecular formula is C8H5Br2FO. The topological polar surface area (TPSA) is 17.1 Å². The lowest BCUT2D eigenvalue weighted by Gasteiger charge is -2.00. The van der Waals surface area contributed by atoms with Crippen LogP contribution >= 0.6 is 31.9 Å². The van der Waals surface area contributed by atoms with Gasteiger partial charge in [-0.2, -0.15) is 0 Å². The Morgan fingerprint density at radius 1 is 1.33 bits per heavy atom. The van der Waals surface area contributed by atoms with Gasteiger partial charge in [-0.05, 0) is 49.6 Å². The maximum absolute atomic E-state index is 13.0.